The van der Waals surface area contributed by atoms with Gasteiger partial charge in [-0.25, -0.2) is 0 Å². The minimum atomic E-state index is 0.102. The van der Waals surface area contributed by atoms with Crippen LogP contribution in [0.25, 0.3) is 0 Å². The lowest BCUT2D eigenvalue weighted by Crippen LogP contribution is -2.11. The normalized spacial score (nSPS) is 12.1. The lowest BCUT2D eigenvalue weighted by molar-refractivity contribution is -0.118. The van der Waals surface area contributed by atoms with Crippen molar-refractivity contribution >= 4 is 28.4 Å². The molecule has 0 aromatic rings. The van der Waals surface area contributed by atoms with Gasteiger partial charge in [0.2, 0.25) is 0 Å². The molecule has 62 valence electrons. The number of carbonyl (C=O) groups is 1. The van der Waals surface area contributed by atoms with Gasteiger partial charge in [0.25, 0.3) is 0 Å². The van der Waals surface area contributed by atoms with Crippen molar-refractivity contribution < 1.29 is 4.79 Å². The van der Waals surface area contributed by atoms with Crippen LogP contribution in [0.4, 0.5) is 0 Å². The van der Waals surface area contributed by atoms with Crippen molar-refractivity contribution in [3.05, 3.63) is 25.3 Å². The summed E-state index contributed by atoms with van der Waals surface area (Å²) >= 11 is 2.15. The number of carbonyl (C=O) groups excluding carboxylic acids is 1. The second kappa shape index (κ2) is 6.58. The van der Waals surface area contributed by atoms with Crippen molar-refractivity contribution in [2.75, 3.05) is 0 Å². The highest BCUT2D eigenvalue weighted by Gasteiger charge is 2.10. The highest BCUT2D eigenvalue weighted by molar-refractivity contribution is 14.1. The quantitative estimate of drug-likeness (QED) is 0.409. The Bertz CT molecular complexity index is 152. The maximum atomic E-state index is 11.2. The van der Waals surface area contributed by atoms with E-state index in [9.17, 15) is 4.79 Å². The Hall–Kier alpha value is -0.120. The molecular formula is C9H13IO. The summed E-state index contributed by atoms with van der Waals surface area (Å²) in [5.41, 5.74) is 0. The van der Waals surface area contributed by atoms with Crippen molar-refractivity contribution in [2.24, 2.45) is 0 Å². The Morgan fingerprint density at radius 2 is 2.09 bits per heavy atom. The van der Waals surface area contributed by atoms with Gasteiger partial charge in [-0.1, -0.05) is 34.7 Å². The maximum absolute atomic E-state index is 11.2. The van der Waals surface area contributed by atoms with Crippen LogP contribution in [0.5, 0.6) is 0 Å². The molecule has 0 rings (SSSR count). The standard InChI is InChI=1S/C9H13IO/c1-3-5-7-9(11)8(10)6-4-2/h3-4,8H,1-2,5-7H2. The van der Waals surface area contributed by atoms with E-state index in [1.165, 1.54) is 0 Å². The van der Waals surface area contributed by atoms with Gasteiger partial charge in [0.15, 0.2) is 0 Å². The van der Waals surface area contributed by atoms with Crippen molar-refractivity contribution in [2.45, 2.75) is 23.2 Å². The van der Waals surface area contributed by atoms with Crippen LogP contribution in [-0.2, 0) is 4.79 Å². The van der Waals surface area contributed by atoms with E-state index < -0.39 is 0 Å². The zero-order chi connectivity index (χ0) is 8.69. The number of alkyl halides is 1. The summed E-state index contributed by atoms with van der Waals surface area (Å²) in [5.74, 6) is 0.297. The molecule has 0 aliphatic rings. The van der Waals surface area contributed by atoms with E-state index in [0.717, 1.165) is 12.8 Å². The van der Waals surface area contributed by atoms with Crippen LogP contribution in [0.1, 0.15) is 19.3 Å². The summed E-state index contributed by atoms with van der Waals surface area (Å²) in [7, 11) is 0. The minimum absolute atomic E-state index is 0.102. The lowest BCUT2D eigenvalue weighted by Gasteiger charge is -2.03. The molecule has 1 unspecified atom stereocenters. The number of hydrogen-bond acceptors (Lipinski definition) is 1. The van der Waals surface area contributed by atoms with Gasteiger partial charge in [0.1, 0.15) is 5.78 Å². The molecule has 0 radical (unpaired) electrons. The topological polar surface area (TPSA) is 17.1 Å². The second-order valence-electron chi connectivity index (χ2n) is 2.29. The van der Waals surface area contributed by atoms with Crippen LogP contribution in [-0.4, -0.2) is 9.71 Å². The number of Topliss-reactive ketones (excluding diaryl/α,β-unsaturated/α-hetero) is 1. The molecule has 2 heteroatoms. The molecule has 0 aliphatic carbocycles. The van der Waals surface area contributed by atoms with E-state index >= 15 is 0 Å². The molecule has 0 saturated carbocycles. The van der Waals surface area contributed by atoms with Gasteiger partial charge in [0.05, 0.1) is 3.92 Å². The number of rotatable bonds is 6. The van der Waals surface area contributed by atoms with Crippen LogP contribution in [0.2, 0.25) is 0 Å². The average molecular weight is 264 g/mol. The number of allylic oxidation sites excluding steroid dienone is 2. The fourth-order valence-corrected chi connectivity index (χ4v) is 1.35. The van der Waals surface area contributed by atoms with E-state index in [4.69, 9.17) is 0 Å². The smallest absolute Gasteiger partial charge is 0.146 e. The van der Waals surface area contributed by atoms with Gasteiger partial charge in [-0.05, 0) is 12.8 Å². The SMILES string of the molecule is C=CCCC(=O)C(I)CC=C. The third-order valence-electron chi connectivity index (χ3n) is 1.32. The number of ketones is 1. The van der Waals surface area contributed by atoms with Gasteiger partial charge >= 0.3 is 0 Å². The van der Waals surface area contributed by atoms with E-state index in [1.54, 1.807) is 12.2 Å². The van der Waals surface area contributed by atoms with Crippen molar-refractivity contribution in [3.63, 3.8) is 0 Å². The van der Waals surface area contributed by atoms with Gasteiger partial charge in [-0.15, -0.1) is 13.2 Å². The van der Waals surface area contributed by atoms with E-state index in [2.05, 4.69) is 35.7 Å². The van der Waals surface area contributed by atoms with E-state index in [0.29, 0.717) is 12.2 Å². The van der Waals surface area contributed by atoms with Crippen LogP contribution in [0.3, 0.4) is 0 Å². The fourth-order valence-electron chi connectivity index (χ4n) is 0.679. The Morgan fingerprint density at radius 3 is 2.55 bits per heavy atom. The summed E-state index contributed by atoms with van der Waals surface area (Å²) in [4.78, 5) is 11.2. The van der Waals surface area contributed by atoms with Crippen LogP contribution in [0.15, 0.2) is 25.3 Å². The van der Waals surface area contributed by atoms with Gasteiger partial charge < -0.3 is 0 Å². The van der Waals surface area contributed by atoms with Crippen LogP contribution in [0, 0.1) is 0 Å². The average Bonchev–Trinajstić information content (AvgIpc) is 2.00. The minimum Gasteiger partial charge on any atom is -0.299 e. The molecule has 11 heavy (non-hydrogen) atoms. The summed E-state index contributed by atoms with van der Waals surface area (Å²) in [6.45, 7) is 7.15. The Balaban J connectivity index is 3.62. The summed E-state index contributed by atoms with van der Waals surface area (Å²) < 4.78 is 0.102. The summed E-state index contributed by atoms with van der Waals surface area (Å²) in [6.07, 6.45) is 5.73. The molecule has 1 nitrogen and oxygen atoms in total. The molecule has 0 heterocycles. The second-order valence-corrected chi connectivity index (χ2v) is 3.79. The molecule has 0 amide bonds. The molecule has 1 atom stereocenters. The summed E-state index contributed by atoms with van der Waals surface area (Å²) in [6, 6.07) is 0. The Labute approximate surface area is 81.7 Å². The first-order valence-corrected chi connectivity index (χ1v) is 4.85. The highest BCUT2D eigenvalue weighted by atomic mass is 127. The number of hydrogen-bond donors (Lipinski definition) is 0. The zero-order valence-corrected chi connectivity index (χ0v) is 8.71. The van der Waals surface area contributed by atoms with Crippen molar-refractivity contribution in [1.29, 1.82) is 0 Å². The predicted octanol–water partition coefficient (Wildman–Crippen LogP) is 2.90. The number of halogens is 1. The molecule has 0 aromatic carbocycles. The largest absolute Gasteiger partial charge is 0.299 e. The molecule has 0 N–H and O–H groups in total. The molecule has 0 aromatic heterocycles. The Morgan fingerprint density at radius 1 is 1.45 bits per heavy atom. The first-order valence-electron chi connectivity index (χ1n) is 3.61. The van der Waals surface area contributed by atoms with Crippen LogP contribution >= 0.6 is 22.6 Å². The third kappa shape index (κ3) is 5.18. The van der Waals surface area contributed by atoms with Crippen LogP contribution < -0.4 is 0 Å². The third-order valence-corrected chi connectivity index (χ3v) is 2.52. The molecule has 0 aliphatic heterocycles. The molecule has 0 spiro atoms. The fraction of sp³-hybridized carbons (Fsp3) is 0.444. The monoisotopic (exact) mass is 264 g/mol. The van der Waals surface area contributed by atoms with Crippen molar-refractivity contribution in [3.8, 4) is 0 Å². The maximum Gasteiger partial charge on any atom is 0.146 e. The lowest BCUT2D eigenvalue weighted by atomic mass is 10.1. The first kappa shape index (κ1) is 10.9. The molecule has 0 fully saturated rings. The van der Waals surface area contributed by atoms with Crippen molar-refractivity contribution in [1.82, 2.24) is 0 Å². The molecule has 0 saturated heterocycles. The molecule has 0 bridgehead atoms. The predicted molar refractivity (Wildman–Crippen MR) is 57.1 cm³/mol. The van der Waals surface area contributed by atoms with E-state index in [1.807, 2.05) is 0 Å². The van der Waals surface area contributed by atoms with Gasteiger partial charge in [-0.3, -0.25) is 4.79 Å². The molecular weight excluding hydrogens is 251 g/mol. The Kier molecular flexibility index (Phi) is 6.51. The first-order chi connectivity index (χ1) is 5.22. The van der Waals surface area contributed by atoms with Gasteiger partial charge in [0, 0.05) is 6.42 Å². The zero-order valence-electron chi connectivity index (χ0n) is 6.55. The van der Waals surface area contributed by atoms with Gasteiger partial charge in [-0.2, -0.15) is 0 Å². The highest BCUT2D eigenvalue weighted by Crippen LogP contribution is 2.11. The summed E-state index contributed by atoms with van der Waals surface area (Å²) in [5, 5.41) is 0. The van der Waals surface area contributed by atoms with E-state index in [-0.39, 0.29) is 3.92 Å².